The minimum absolute atomic E-state index is 0.355. The summed E-state index contributed by atoms with van der Waals surface area (Å²) in [5.41, 5.74) is 1.37. The number of thioether (sulfide) groups is 1. The second-order valence-electron chi connectivity index (χ2n) is 3.73. The predicted octanol–water partition coefficient (Wildman–Crippen LogP) is 1.62. The number of hydrogen-bond donors (Lipinski definition) is 0. The van der Waals surface area contributed by atoms with Gasteiger partial charge in [-0.1, -0.05) is 11.8 Å². The van der Waals surface area contributed by atoms with Gasteiger partial charge in [-0.2, -0.15) is 5.10 Å². The van der Waals surface area contributed by atoms with Gasteiger partial charge in [0.25, 0.3) is 0 Å². The van der Waals surface area contributed by atoms with Gasteiger partial charge >= 0.3 is 5.97 Å². The Morgan fingerprint density at radius 2 is 2.11 bits per heavy atom. The molecule has 2 aromatic heterocycles. The minimum atomic E-state index is -0.359. The molecule has 0 aliphatic heterocycles. The smallest absolute Gasteiger partial charge is 0.341 e. The third-order valence-electron chi connectivity index (χ3n) is 2.35. The van der Waals surface area contributed by atoms with E-state index in [0.717, 1.165) is 10.7 Å². The molecule has 0 aliphatic rings. The van der Waals surface area contributed by atoms with Crippen LogP contribution in [0.5, 0.6) is 0 Å². The summed E-state index contributed by atoms with van der Waals surface area (Å²) in [5.74, 6) is -0.359. The van der Waals surface area contributed by atoms with Crippen molar-refractivity contribution in [3.05, 3.63) is 35.9 Å². The van der Waals surface area contributed by atoms with Gasteiger partial charge in [-0.15, -0.1) is 0 Å². The van der Waals surface area contributed by atoms with Gasteiger partial charge in [0.1, 0.15) is 0 Å². The average molecular weight is 278 g/mol. The molecule has 0 N–H and O–H groups in total. The Hall–Kier alpha value is -1.89. The zero-order chi connectivity index (χ0) is 13.7. The Morgan fingerprint density at radius 3 is 2.74 bits per heavy atom. The van der Waals surface area contributed by atoms with Crippen LogP contribution in [0, 0.1) is 0 Å². The molecule has 0 aliphatic carbocycles. The number of carbonyl (C=O) groups excluding carboxylic acids is 1. The van der Waals surface area contributed by atoms with E-state index in [0.29, 0.717) is 18.7 Å². The molecule has 2 aromatic rings. The number of ether oxygens (including phenoxy) is 1. The quantitative estimate of drug-likeness (QED) is 0.470. The lowest BCUT2D eigenvalue weighted by atomic mass is 10.3. The highest BCUT2D eigenvalue weighted by atomic mass is 32.2. The number of aromatic nitrogens is 4. The number of esters is 1. The van der Waals surface area contributed by atoms with Crippen LogP contribution in [0.25, 0.3) is 0 Å². The average Bonchev–Trinajstić information content (AvgIpc) is 2.88. The molecule has 0 radical (unpaired) electrons. The van der Waals surface area contributed by atoms with Crippen LogP contribution in [-0.2, 0) is 11.3 Å². The number of rotatable bonds is 5. The van der Waals surface area contributed by atoms with Crippen LogP contribution in [0.1, 0.15) is 22.8 Å². The highest BCUT2D eigenvalue weighted by molar-refractivity contribution is 7.98. The second-order valence-corrected chi connectivity index (χ2v) is 4.50. The molecule has 0 fully saturated rings. The largest absolute Gasteiger partial charge is 0.462 e. The highest BCUT2D eigenvalue weighted by Crippen LogP contribution is 2.08. The molecule has 0 saturated heterocycles. The van der Waals surface area contributed by atoms with Gasteiger partial charge in [-0.05, 0) is 13.2 Å². The Labute approximate surface area is 115 Å². The molecular weight excluding hydrogens is 264 g/mol. The van der Waals surface area contributed by atoms with Crippen LogP contribution in [0.4, 0.5) is 0 Å². The van der Waals surface area contributed by atoms with Crippen molar-refractivity contribution in [1.29, 1.82) is 0 Å². The monoisotopic (exact) mass is 278 g/mol. The minimum Gasteiger partial charge on any atom is -0.462 e. The Balaban J connectivity index is 2.04. The van der Waals surface area contributed by atoms with Gasteiger partial charge in [-0.25, -0.2) is 14.8 Å². The van der Waals surface area contributed by atoms with E-state index in [4.69, 9.17) is 4.74 Å². The summed E-state index contributed by atoms with van der Waals surface area (Å²) < 4.78 is 6.56. The lowest BCUT2D eigenvalue weighted by Crippen LogP contribution is -2.04. The van der Waals surface area contributed by atoms with E-state index in [2.05, 4.69) is 15.1 Å². The summed E-state index contributed by atoms with van der Waals surface area (Å²) in [6.07, 6.45) is 8.58. The maximum atomic E-state index is 11.5. The normalized spacial score (nSPS) is 10.4. The molecule has 7 heteroatoms. The van der Waals surface area contributed by atoms with Gasteiger partial charge in [0, 0.05) is 24.2 Å². The summed E-state index contributed by atoms with van der Waals surface area (Å²) in [6.45, 7) is 2.65. The van der Waals surface area contributed by atoms with E-state index in [9.17, 15) is 4.79 Å². The summed E-state index contributed by atoms with van der Waals surface area (Å²) in [4.78, 5) is 19.9. The standard InChI is InChI=1S/C12H14N4O2S/c1-3-18-11(17)10-6-15-16(8-10)7-9-4-13-12(19-2)14-5-9/h4-6,8H,3,7H2,1-2H3. The van der Waals surface area contributed by atoms with Crippen molar-refractivity contribution in [2.75, 3.05) is 12.9 Å². The van der Waals surface area contributed by atoms with Gasteiger partial charge in [0.05, 0.1) is 24.9 Å². The molecule has 0 bridgehead atoms. The SMILES string of the molecule is CCOC(=O)c1cnn(Cc2cnc(SC)nc2)c1. The molecule has 6 nitrogen and oxygen atoms in total. The van der Waals surface area contributed by atoms with Gasteiger partial charge in [0.15, 0.2) is 5.16 Å². The van der Waals surface area contributed by atoms with Crippen LogP contribution < -0.4 is 0 Å². The maximum Gasteiger partial charge on any atom is 0.341 e. The highest BCUT2D eigenvalue weighted by Gasteiger charge is 2.09. The van der Waals surface area contributed by atoms with Gasteiger partial charge in [0.2, 0.25) is 0 Å². The molecule has 0 unspecified atom stereocenters. The fraction of sp³-hybridized carbons (Fsp3) is 0.333. The molecule has 0 aromatic carbocycles. The third-order valence-corrected chi connectivity index (χ3v) is 2.93. The third kappa shape index (κ3) is 3.54. The first kappa shape index (κ1) is 13.5. The fourth-order valence-corrected chi connectivity index (χ4v) is 1.80. The Morgan fingerprint density at radius 1 is 1.37 bits per heavy atom. The molecular formula is C12H14N4O2S. The number of nitrogens with zero attached hydrogens (tertiary/aromatic N) is 4. The van der Waals surface area contributed by atoms with E-state index < -0.39 is 0 Å². The summed E-state index contributed by atoms with van der Waals surface area (Å²) in [5, 5.41) is 4.85. The Kier molecular flexibility index (Phi) is 4.51. The van der Waals surface area contributed by atoms with Crippen LogP contribution in [0.15, 0.2) is 29.9 Å². The van der Waals surface area contributed by atoms with Crippen LogP contribution >= 0.6 is 11.8 Å². The molecule has 0 saturated carbocycles. The Bertz CT molecular complexity index is 553. The molecule has 0 amide bonds. The predicted molar refractivity (Wildman–Crippen MR) is 71.1 cm³/mol. The zero-order valence-corrected chi connectivity index (χ0v) is 11.6. The first-order valence-corrected chi connectivity index (χ1v) is 7.00. The van der Waals surface area contributed by atoms with Crippen molar-refractivity contribution in [2.45, 2.75) is 18.6 Å². The van der Waals surface area contributed by atoms with Crippen LogP contribution in [-0.4, -0.2) is 38.6 Å². The fourth-order valence-electron chi connectivity index (χ4n) is 1.49. The lowest BCUT2D eigenvalue weighted by Gasteiger charge is -2.01. The van der Waals surface area contributed by atoms with E-state index >= 15 is 0 Å². The second kappa shape index (κ2) is 6.33. The first-order chi connectivity index (χ1) is 9.22. The van der Waals surface area contributed by atoms with Crippen LogP contribution in [0.2, 0.25) is 0 Å². The van der Waals surface area contributed by atoms with Crippen LogP contribution in [0.3, 0.4) is 0 Å². The van der Waals surface area contributed by atoms with Crippen molar-refractivity contribution >= 4 is 17.7 Å². The summed E-state index contributed by atoms with van der Waals surface area (Å²) in [6, 6.07) is 0. The molecule has 0 atom stereocenters. The summed E-state index contributed by atoms with van der Waals surface area (Å²) in [7, 11) is 0. The molecule has 19 heavy (non-hydrogen) atoms. The van der Waals surface area contributed by atoms with Crippen molar-refractivity contribution in [2.24, 2.45) is 0 Å². The lowest BCUT2D eigenvalue weighted by molar-refractivity contribution is 0.0526. The molecule has 0 spiro atoms. The molecule has 2 heterocycles. The topological polar surface area (TPSA) is 69.9 Å². The maximum absolute atomic E-state index is 11.5. The van der Waals surface area contributed by atoms with E-state index in [1.54, 1.807) is 30.2 Å². The van der Waals surface area contributed by atoms with Crippen molar-refractivity contribution < 1.29 is 9.53 Å². The van der Waals surface area contributed by atoms with E-state index in [1.807, 2.05) is 6.26 Å². The van der Waals surface area contributed by atoms with E-state index in [1.165, 1.54) is 18.0 Å². The van der Waals surface area contributed by atoms with Crippen molar-refractivity contribution in [3.8, 4) is 0 Å². The summed E-state index contributed by atoms with van der Waals surface area (Å²) >= 11 is 1.49. The molecule has 2 rings (SSSR count). The number of hydrogen-bond acceptors (Lipinski definition) is 6. The van der Waals surface area contributed by atoms with E-state index in [-0.39, 0.29) is 5.97 Å². The van der Waals surface area contributed by atoms with Gasteiger partial charge < -0.3 is 4.74 Å². The first-order valence-electron chi connectivity index (χ1n) is 5.77. The molecule has 100 valence electrons. The van der Waals surface area contributed by atoms with Gasteiger partial charge in [-0.3, -0.25) is 4.68 Å². The zero-order valence-electron chi connectivity index (χ0n) is 10.7. The number of carbonyl (C=O) groups is 1. The van der Waals surface area contributed by atoms with Crippen molar-refractivity contribution in [3.63, 3.8) is 0 Å². The van der Waals surface area contributed by atoms with Crippen molar-refractivity contribution in [1.82, 2.24) is 19.7 Å².